The van der Waals surface area contributed by atoms with E-state index in [4.69, 9.17) is 34.8 Å². The average Bonchev–Trinajstić information content (AvgIpc) is 3.44. The second-order valence-corrected chi connectivity index (χ2v) is 19.7. The van der Waals surface area contributed by atoms with Gasteiger partial charge in [0.05, 0.1) is 25.9 Å². The molecule has 3 heterocycles. The highest BCUT2D eigenvalue weighted by atomic mass is 32.5. The summed E-state index contributed by atoms with van der Waals surface area (Å²) in [7, 11) is -1.55. The third-order valence-corrected chi connectivity index (χ3v) is 14.9. The average molecular weight is 714 g/mol. The van der Waals surface area contributed by atoms with Crippen molar-refractivity contribution in [2.24, 2.45) is 0 Å². The summed E-state index contributed by atoms with van der Waals surface area (Å²) in [5.41, 5.74) is -0.673. The van der Waals surface area contributed by atoms with Crippen LogP contribution in [0.1, 0.15) is 44.7 Å². The topological polar surface area (TPSA) is 148 Å². The SMILES string of the molecule is COc1cc[n+]([O-])c(COP(O)(=S)O[C@H]2C[C@H](n3cc(C)c(=O)[nH]c3=O)O[C@@H]2CO[Si](c2ccccc2)(c2ccccc2)C(C)(C)C)c1. The highest BCUT2D eigenvalue weighted by Gasteiger charge is 2.52. The fourth-order valence-corrected chi connectivity index (χ4v) is 12.0. The Morgan fingerprint density at radius 1 is 1.10 bits per heavy atom. The zero-order valence-corrected chi connectivity index (χ0v) is 30.1. The van der Waals surface area contributed by atoms with E-state index < -0.39 is 44.7 Å². The lowest BCUT2D eigenvalue weighted by molar-refractivity contribution is -0.616. The van der Waals surface area contributed by atoms with E-state index in [9.17, 15) is 19.7 Å². The number of hydrogen-bond donors (Lipinski definition) is 2. The number of aromatic amines is 1. The van der Waals surface area contributed by atoms with E-state index in [0.29, 0.717) is 16.0 Å². The zero-order chi connectivity index (χ0) is 34.7. The number of methoxy groups -OCH3 is 1. The van der Waals surface area contributed by atoms with Gasteiger partial charge in [-0.1, -0.05) is 81.4 Å². The molecule has 256 valence electrons. The summed E-state index contributed by atoms with van der Waals surface area (Å²) < 4.78 is 32.3. The van der Waals surface area contributed by atoms with Gasteiger partial charge in [0.1, 0.15) is 24.7 Å². The van der Waals surface area contributed by atoms with Crippen LogP contribution in [0.2, 0.25) is 5.04 Å². The molecule has 12 nitrogen and oxygen atoms in total. The Labute approximate surface area is 284 Å². The van der Waals surface area contributed by atoms with Gasteiger partial charge in [-0.25, -0.2) is 4.79 Å². The van der Waals surface area contributed by atoms with Crippen molar-refractivity contribution in [2.45, 2.75) is 64.2 Å². The van der Waals surface area contributed by atoms with Crippen LogP contribution in [-0.4, -0.2) is 48.7 Å². The first-order valence-electron chi connectivity index (χ1n) is 15.4. The minimum atomic E-state index is -3.98. The molecule has 2 aromatic heterocycles. The van der Waals surface area contributed by atoms with Crippen LogP contribution in [0.3, 0.4) is 0 Å². The van der Waals surface area contributed by atoms with Crippen LogP contribution >= 0.6 is 6.72 Å². The van der Waals surface area contributed by atoms with Crippen LogP contribution < -0.4 is 31.1 Å². The Morgan fingerprint density at radius 3 is 2.31 bits per heavy atom. The number of benzene rings is 2. The first-order valence-corrected chi connectivity index (χ1v) is 19.9. The summed E-state index contributed by atoms with van der Waals surface area (Å²) >= 11 is 5.40. The van der Waals surface area contributed by atoms with Crippen LogP contribution in [0.5, 0.6) is 5.75 Å². The van der Waals surface area contributed by atoms with E-state index in [1.165, 1.54) is 36.2 Å². The van der Waals surface area contributed by atoms with Crippen LogP contribution in [0.4, 0.5) is 0 Å². The quantitative estimate of drug-likeness (QED) is 0.0971. The molecule has 48 heavy (non-hydrogen) atoms. The number of H-pyrrole nitrogens is 1. The molecule has 1 unspecified atom stereocenters. The number of ether oxygens (including phenoxy) is 2. The summed E-state index contributed by atoms with van der Waals surface area (Å²) in [5.74, 6) is 0.432. The smallest absolute Gasteiger partial charge is 0.330 e. The molecular weight excluding hydrogens is 674 g/mol. The molecule has 2 aromatic carbocycles. The lowest BCUT2D eigenvalue weighted by atomic mass is 10.2. The lowest BCUT2D eigenvalue weighted by Crippen LogP contribution is -2.67. The highest BCUT2D eigenvalue weighted by Crippen LogP contribution is 2.49. The highest BCUT2D eigenvalue weighted by molar-refractivity contribution is 8.07. The Kier molecular flexibility index (Phi) is 10.9. The van der Waals surface area contributed by atoms with Crippen molar-refractivity contribution in [3.63, 3.8) is 0 Å². The van der Waals surface area contributed by atoms with Gasteiger partial charge in [0.15, 0.2) is 6.20 Å². The predicted molar refractivity (Wildman–Crippen MR) is 186 cm³/mol. The van der Waals surface area contributed by atoms with Crippen LogP contribution in [0, 0.1) is 12.1 Å². The molecule has 15 heteroatoms. The molecule has 1 fully saturated rings. The van der Waals surface area contributed by atoms with E-state index in [2.05, 4.69) is 50.0 Å². The standard InChI is InChI=1S/C33H40N3O9PSSi/c1-23-20-35(32(38)34-31(23)37)30-19-28(45-46(40,47)42-21-24-18-25(41-5)16-17-36(24)39)29(44-30)22-43-48(33(2,3)4,26-12-8-6-9-13-26)27-14-10-7-11-15-27/h6-18,20,28-30H,19,21-22H2,1-5H3,(H,40,47)(H,34,37,38)/t28-,29+,30+,46?/m0/s1. The van der Waals surface area contributed by atoms with Crippen LogP contribution in [0.25, 0.3) is 0 Å². The van der Waals surface area contributed by atoms with Gasteiger partial charge in [-0.3, -0.25) is 18.9 Å². The fourth-order valence-electron chi connectivity index (χ4n) is 6.00. The van der Waals surface area contributed by atoms with Crippen molar-refractivity contribution in [1.82, 2.24) is 9.55 Å². The van der Waals surface area contributed by atoms with Gasteiger partial charge in [-0.05, 0) is 34.1 Å². The maximum Gasteiger partial charge on any atom is 0.330 e. The summed E-state index contributed by atoms with van der Waals surface area (Å²) in [6.07, 6.45) is 0.209. The molecule has 4 aromatic rings. The van der Waals surface area contributed by atoms with E-state index in [-0.39, 0.29) is 30.4 Å². The Balaban J connectivity index is 1.47. The van der Waals surface area contributed by atoms with Crippen molar-refractivity contribution in [2.75, 3.05) is 13.7 Å². The van der Waals surface area contributed by atoms with Crippen molar-refractivity contribution < 1.29 is 32.6 Å². The van der Waals surface area contributed by atoms with Crippen molar-refractivity contribution >= 4 is 37.2 Å². The predicted octanol–water partition coefficient (Wildman–Crippen LogP) is 3.17. The van der Waals surface area contributed by atoms with Gasteiger partial charge in [-0.15, -0.1) is 0 Å². The number of aromatic nitrogens is 3. The van der Waals surface area contributed by atoms with Gasteiger partial charge in [0, 0.05) is 24.2 Å². The molecule has 1 saturated heterocycles. The summed E-state index contributed by atoms with van der Waals surface area (Å²) in [4.78, 5) is 38.5. The van der Waals surface area contributed by atoms with Crippen LogP contribution in [0.15, 0.2) is 94.8 Å². The summed E-state index contributed by atoms with van der Waals surface area (Å²) in [6.45, 7) is 3.74. The molecule has 4 atom stereocenters. The number of rotatable bonds is 12. The van der Waals surface area contributed by atoms with Crippen molar-refractivity contribution in [3.05, 3.63) is 122 Å². The third kappa shape index (κ3) is 7.71. The Bertz CT molecular complexity index is 1850. The van der Waals surface area contributed by atoms with E-state index in [1.807, 2.05) is 36.4 Å². The van der Waals surface area contributed by atoms with Crippen molar-refractivity contribution in [3.8, 4) is 5.75 Å². The first-order chi connectivity index (χ1) is 22.7. The van der Waals surface area contributed by atoms with Gasteiger partial charge in [0.2, 0.25) is 5.69 Å². The van der Waals surface area contributed by atoms with E-state index in [1.54, 1.807) is 6.92 Å². The molecular formula is C33H40N3O9PSSi. The lowest BCUT2D eigenvalue weighted by Gasteiger charge is -2.43. The number of nitrogens with one attached hydrogen (secondary N) is 1. The largest absolute Gasteiger partial charge is 0.618 e. The minimum Gasteiger partial charge on any atom is -0.618 e. The van der Waals surface area contributed by atoms with E-state index >= 15 is 0 Å². The van der Waals surface area contributed by atoms with E-state index in [0.717, 1.165) is 10.4 Å². The molecule has 0 aliphatic carbocycles. The Morgan fingerprint density at radius 2 is 1.73 bits per heavy atom. The maximum absolute atomic E-state index is 12.9. The third-order valence-electron chi connectivity index (χ3n) is 8.36. The molecule has 0 bridgehead atoms. The zero-order valence-electron chi connectivity index (χ0n) is 27.4. The number of pyridine rings is 1. The van der Waals surface area contributed by atoms with Gasteiger partial charge in [0.25, 0.3) is 13.9 Å². The van der Waals surface area contributed by atoms with Gasteiger partial charge < -0.3 is 28.5 Å². The molecule has 1 aliphatic rings. The van der Waals surface area contributed by atoms with Crippen molar-refractivity contribution in [1.29, 1.82) is 0 Å². The molecule has 2 N–H and O–H groups in total. The fraction of sp³-hybridized carbons (Fsp3) is 0.364. The van der Waals surface area contributed by atoms with Gasteiger partial charge in [-0.2, -0.15) is 4.73 Å². The molecule has 0 amide bonds. The second-order valence-electron chi connectivity index (χ2n) is 12.6. The maximum atomic E-state index is 12.9. The number of aryl methyl sites for hydroxylation is 1. The summed E-state index contributed by atoms with van der Waals surface area (Å²) in [6, 6.07) is 23.1. The molecule has 1 aliphatic heterocycles. The summed E-state index contributed by atoms with van der Waals surface area (Å²) in [5, 5.41) is 14.1. The van der Waals surface area contributed by atoms with Gasteiger partial charge >= 0.3 is 12.4 Å². The molecule has 5 rings (SSSR count). The van der Waals surface area contributed by atoms with Crippen LogP contribution in [-0.2, 0) is 36.6 Å². The molecule has 0 saturated carbocycles. The second kappa shape index (κ2) is 14.6. The number of nitrogens with zero attached hydrogens (tertiary/aromatic N) is 2. The first kappa shape index (κ1) is 35.8. The normalized spacial score (nSPS) is 19.6. The number of hydrogen-bond acceptors (Lipinski definition) is 9. The Hall–Kier alpha value is -3.46. The molecule has 0 radical (unpaired) electrons. The minimum absolute atomic E-state index is 0.0251. The monoisotopic (exact) mass is 713 g/mol. The molecule has 0 spiro atoms.